The van der Waals surface area contributed by atoms with E-state index < -0.39 is 0 Å². The van der Waals surface area contributed by atoms with Gasteiger partial charge in [-0.1, -0.05) is 35.5 Å². The highest BCUT2D eigenvalue weighted by molar-refractivity contribution is 5.90. The van der Waals surface area contributed by atoms with E-state index >= 15 is 0 Å². The number of amides is 1. The minimum absolute atomic E-state index is 0.0262. The number of rotatable bonds is 7. The van der Waals surface area contributed by atoms with E-state index in [9.17, 15) is 4.79 Å². The quantitative estimate of drug-likeness (QED) is 0.376. The van der Waals surface area contributed by atoms with Crippen molar-refractivity contribution in [3.63, 3.8) is 0 Å². The van der Waals surface area contributed by atoms with Gasteiger partial charge < -0.3 is 10.1 Å². The highest BCUT2D eigenvalue weighted by Gasteiger charge is 2.19. The fraction of sp³-hybridized carbons (Fsp3) is 0.0741. The van der Waals surface area contributed by atoms with Gasteiger partial charge in [-0.15, -0.1) is 5.10 Å². The molecule has 5 aromatic rings. The third kappa shape index (κ3) is 4.91. The number of carbonyl (C=O) groups is 1. The van der Waals surface area contributed by atoms with Gasteiger partial charge in [0, 0.05) is 35.3 Å². The lowest BCUT2D eigenvalue weighted by Crippen LogP contribution is -2.20. The van der Waals surface area contributed by atoms with Crippen LogP contribution < -0.4 is 10.1 Å². The van der Waals surface area contributed by atoms with Crippen LogP contribution in [0.4, 0.5) is 5.82 Å². The molecule has 5 rings (SSSR count). The fourth-order valence-corrected chi connectivity index (χ4v) is 3.75. The summed E-state index contributed by atoms with van der Waals surface area (Å²) in [6.45, 7) is -0.0262. The molecule has 0 atom stereocenters. The monoisotopic (exact) mass is 462 g/mol. The van der Waals surface area contributed by atoms with E-state index in [1.165, 1.54) is 0 Å². The number of aromatic nitrogens is 5. The zero-order valence-electron chi connectivity index (χ0n) is 19.0. The number of pyridine rings is 2. The maximum atomic E-state index is 12.9. The minimum atomic E-state index is -0.258. The molecule has 0 unspecified atom stereocenters. The van der Waals surface area contributed by atoms with E-state index in [1.807, 2.05) is 72.8 Å². The van der Waals surface area contributed by atoms with Crippen molar-refractivity contribution >= 4 is 11.7 Å². The standard InChI is InChI=1S/C27H22N6O2/c1-35-23-10-7-21(8-11-23)27-26(20-13-15-28-16-14-20)31-32-33(27)18-25(34)30-24-12-9-22(17-29-24)19-5-3-2-4-6-19/h2-17H,18H2,1H3,(H,29,30,34). The number of carbonyl (C=O) groups excluding carboxylic acids is 1. The molecule has 0 aliphatic heterocycles. The lowest BCUT2D eigenvalue weighted by atomic mass is 10.1. The Labute approximate surface area is 202 Å². The third-order valence-electron chi connectivity index (χ3n) is 5.48. The Morgan fingerprint density at radius 3 is 2.29 bits per heavy atom. The van der Waals surface area contributed by atoms with Crippen LogP contribution in [-0.4, -0.2) is 38.0 Å². The van der Waals surface area contributed by atoms with Gasteiger partial charge in [-0.05, 0) is 54.1 Å². The summed E-state index contributed by atoms with van der Waals surface area (Å²) in [5, 5.41) is 11.5. The van der Waals surface area contributed by atoms with Crippen LogP contribution in [0.2, 0.25) is 0 Å². The van der Waals surface area contributed by atoms with E-state index in [0.29, 0.717) is 11.5 Å². The second-order valence-corrected chi connectivity index (χ2v) is 7.76. The maximum absolute atomic E-state index is 12.9. The van der Waals surface area contributed by atoms with Crippen molar-refractivity contribution in [2.24, 2.45) is 0 Å². The van der Waals surface area contributed by atoms with Crippen molar-refractivity contribution in [3.05, 3.63) is 97.5 Å². The summed E-state index contributed by atoms with van der Waals surface area (Å²) in [4.78, 5) is 21.4. The Morgan fingerprint density at radius 1 is 0.857 bits per heavy atom. The van der Waals surface area contributed by atoms with Crippen molar-refractivity contribution in [1.29, 1.82) is 0 Å². The number of ether oxygens (including phenoxy) is 1. The molecule has 172 valence electrons. The van der Waals surface area contributed by atoms with Gasteiger partial charge in [0.1, 0.15) is 23.8 Å². The number of anilines is 1. The SMILES string of the molecule is COc1ccc(-c2c(-c3ccncc3)nnn2CC(=O)Nc2ccc(-c3ccccc3)cn2)cc1. The average Bonchev–Trinajstić information content (AvgIpc) is 3.33. The van der Waals surface area contributed by atoms with Crippen molar-refractivity contribution < 1.29 is 9.53 Å². The highest BCUT2D eigenvalue weighted by Crippen LogP contribution is 2.31. The minimum Gasteiger partial charge on any atom is -0.497 e. The van der Waals surface area contributed by atoms with E-state index in [-0.39, 0.29) is 12.5 Å². The molecule has 3 aromatic heterocycles. The summed E-state index contributed by atoms with van der Waals surface area (Å²) >= 11 is 0. The van der Waals surface area contributed by atoms with Crippen LogP contribution in [0.25, 0.3) is 33.6 Å². The molecule has 0 saturated carbocycles. The molecule has 0 aliphatic carbocycles. The molecular formula is C27H22N6O2. The summed E-state index contributed by atoms with van der Waals surface area (Å²) in [5.41, 5.74) is 5.14. The van der Waals surface area contributed by atoms with Crippen LogP contribution >= 0.6 is 0 Å². The van der Waals surface area contributed by atoms with Crippen LogP contribution in [-0.2, 0) is 11.3 Å². The first kappa shape index (κ1) is 22.0. The highest BCUT2D eigenvalue weighted by atomic mass is 16.5. The van der Waals surface area contributed by atoms with E-state index in [1.54, 1.807) is 36.4 Å². The maximum Gasteiger partial charge on any atom is 0.247 e. The molecule has 1 N–H and O–H groups in total. The number of nitrogens with one attached hydrogen (secondary N) is 1. The molecule has 1 amide bonds. The number of benzene rings is 2. The average molecular weight is 463 g/mol. The van der Waals surface area contributed by atoms with Crippen molar-refractivity contribution in [3.8, 4) is 39.4 Å². The van der Waals surface area contributed by atoms with Crippen LogP contribution in [0.5, 0.6) is 5.75 Å². The van der Waals surface area contributed by atoms with Gasteiger partial charge >= 0.3 is 0 Å². The molecule has 35 heavy (non-hydrogen) atoms. The molecule has 0 aliphatic rings. The second kappa shape index (κ2) is 9.96. The van der Waals surface area contributed by atoms with Crippen LogP contribution in [0, 0.1) is 0 Å². The molecule has 0 saturated heterocycles. The van der Waals surface area contributed by atoms with E-state index in [2.05, 4.69) is 25.6 Å². The Balaban J connectivity index is 1.39. The first-order chi connectivity index (χ1) is 17.2. The largest absolute Gasteiger partial charge is 0.497 e. The number of hydrogen-bond donors (Lipinski definition) is 1. The lowest BCUT2D eigenvalue weighted by Gasteiger charge is -2.10. The van der Waals surface area contributed by atoms with Gasteiger partial charge in [0.25, 0.3) is 0 Å². The molecule has 2 aromatic carbocycles. The molecule has 0 spiro atoms. The zero-order valence-corrected chi connectivity index (χ0v) is 19.0. The zero-order chi connectivity index (χ0) is 24.0. The molecule has 8 nitrogen and oxygen atoms in total. The smallest absolute Gasteiger partial charge is 0.247 e. The van der Waals surface area contributed by atoms with Gasteiger partial charge in [-0.25, -0.2) is 9.67 Å². The molecule has 0 fully saturated rings. The van der Waals surface area contributed by atoms with Gasteiger partial charge in [-0.3, -0.25) is 9.78 Å². The number of methoxy groups -OCH3 is 1. The summed E-state index contributed by atoms with van der Waals surface area (Å²) in [5.74, 6) is 0.946. The van der Waals surface area contributed by atoms with Gasteiger partial charge in [0.15, 0.2) is 0 Å². The number of hydrogen-bond acceptors (Lipinski definition) is 6. The second-order valence-electron chi connectivity index (χ2n) is 7.76. The van der Waals surface area contributed by atoms with Crippen LogP contribution in [0.15, 0.2) is 97.5 Å². The van der Waals surface area contributed by atoms with Gasteiger partial charge in [-0.2, -0.15) is 0 Å². The van der Waals surface area contributed by atoms with Crippen molar-refractivity contribution in [2.45, 2.75) is 6.54 Å². The Morgan fingerprint density at radius 2 is 1.60 bits per heavy atom. The van der Waals surface area contributed by atoms with E-state index in [4.69, 9.17) is 4.74 Å². The van der Waals surface area contributed by atoms with Gasteiger partial charge in [0.2, 0.25) is 5.91 Å². The molecule has 3 heterocycles. The topological polar surface area (TPSA) is 94.8 Å². The van der Waals surface area contributed by atoms with Crippen LogP contribution in [0.3, 0.4) is 0 Å². The summed E-state index contributed by atoms with van der Waals surface area (Å²) in [6, 6.07) is 24.9. The van der Waals surface area contributed by atoms with E-state index in [0.717, 1.165) is 33.7 Å². The summed E-state index contributed by atoms with van der Waals surface area (Å²) in [7, 11) is 1.62. The molecule has 0 radical (unpaired) electrons. The van der Waals surface area contributed by atoms with Crippen LogP contribution in [0.1, 0.15) is 0 Å². The Kier molecular flexibility index (Phi) is 6.25. The predicted molar refractivity (Wildman–Crippen MR) is 134 cm³/mol. The first-order valence-corrected chi connectivity index (χ1v) is 11.0. The predicted octanol–water partition coefficient (Wildman–Crippen LogP) is 4.72. The third-order valence-corrected chi connectivity index (χ3v) is 5.48. The van der Waals surface area contributed by atoms with Crippen molar-refractivity contribution in [1.82, 2.24) is 25.0 Å². The molecule has 8 heteroatoms. The lowest BCUT2D eigenvalue weighted by molar-refractivity contribution is -0.116. The number of nitrogens with zero attached hydrogens (tertiary/aromatic N) is 5. The van der Waals surface area contributed by atoms with Crippen molar-refractivity contribution in [2.75, 3.05) is 12.4 Å². The summed E-state index contributed by atoms with van der Waals surface area (Å²) < 4.78 is 6.87. The molecular weight excluding hydrogens is 440 g/mol. The fourth-order valence-electron chi connectivity index (χ4n) is 3.75. The Hall–Kier alpha value is -4.85. The Bertz CT molecular complexity index is 1420. The molecule has 0 bridgehead atoms. The van der Waals surface area contributed by atoms with Gasteiger partial charge in [0.05, 0.1) is 12.8 Å². The normalized spacial score (nSPS) is 10.7. The summed E-state index contributed by atoms with van der Waals surface area (Å²) in [6.07, 6.45) is 5.14. The first-order valence-electron chi connectivity index (χ1n) is 11.0.